The van der Waals surface area contributed by atoms with Crippen LogP contribution < -0.4 is 5.01 Å². The minimum absolute atomic E-state index is 0.301. The molecule has 1 atom stereocenters. The summed E-state index contributed by atoms with van der Waals surface area (Å²) in [7, 11) is 0. The highest BCUT2D eigenvalue weighted by molar-refractivity contribution is 9.10. The maximum Gasteiger partial charge on any atom is 0.450 e. The SMILES string of the molecule is FC(F)(F)C1(F)N(c2ccccc2)N=C(c2ccc(Br)cc2)C1(F)F. The molecule has 0 radical (unpaired) electrons. The van der Waals surface area contributed by atoms with Gasteiger partial charge in [-0.3, -0.25) is 0 Å². The van der Waals surface area contributed by atoms with Gasteiger partial charge in [-0.05, 0) is 24.3 Å². The zero-order chi connectivity index (χ0) is 18.5. The van der Waals surface area contributed by atoms with E-state index in [1.54, 1.807) is 0 Å². The van der Waals surface area contributed by atoms with Gasteiger partial charge in [0, 0.05) is 10.0 Å². The van der Waals surface area contributed by atoms with Gasteiger partial charge in [0.1, 0.15) is 5.71 Å². The first-order chi connectivity index (χ1) is 11.6. The van der Waals surface area contributed by atoms with Crippen molar-refractivity contribution in [2.24, 2.45) is 5.10 Å². The molecule has 132 valence electrons. The first-order valence-corrected chi connectivity index (χ1v) is 7.72. The molecule has 2 aromatic rings. The minimum Gasteiger partial charge on any atom is -0.215 e. The molecule has 25 heavy (non-hydrogen) atoms. The van der Waals surface area contributed by atoms with Gasteiger partial charge in [-0.1, -0.05) is 46.3 Å². The Kier molecular flexibility index (Phi) is 4.09. The van der Waals surface area contributed by atoms with Crippen molar-refractivity contribution in [2.45, 2.75) is 17.9 Å². The van der Waals surface area contributed by atoms with E-state index in [-0.39, 0.29) is 10.6 Å². The van der Waals surface area contributed by atoms with Gasteiger partial charge in [0.2, 0.25) is 0 Å². The number of benzene rings is 2. The summed E-state index contributed by atoms with van der Waals surface area (Å²) in [6.07, 6.45) is -5.88. The van der Waals surface area contributed by atoms with E-state index < -0.39 is 29.3 Å². The smallest absolute Gasteiger partial charge is 0.215 e. The number of anilines is 1. The lowest BCUT2D eigenvalue weighted by atomic mass is 9.97. The number of hydrazone groups is 1. The predicted molar refractivity (Wildman–Crippen MR) is 84.4 cm³/mol. The molecular weight excluding hydrogens is 414 g/mol. The molecule has 0 N–H and O–H groups in total. The molecule has 3 rings (SSSR count). The molecule has 1 unspecified atom stereocenters. The van der Waals surface area contributed by atoms with E-state index in [2.05, 4.69) is 21.0 Å². The summed E-state index contributed by atoms with van der Waals surface area (Å²) in [5.74, 6) is -9.90. The highest BCUT2D eigenvalue weighted by Crippen LogP contribution is 2.54. The fourth-order valence-corrected chi connectivity index (χ4v) is 2.74. The summed E-state index contributed by atoms with van der Waals surface area (Å²) < 4.78 is 84.7. The Morgan fingerprint density at radius 2 is 1.44 bits per heavy atom. The van der Waals surface area contributed by atoms with Gasteiger partial charge >= 0.3 is 17.9 Å². The molecule has 2 aromatic carbocycles. The van der Waals surface area contributed by atoms with Gasteiger partial charge < -0.3 is 0 Å². The molecule has 0 saturated heterocycles. The van der Waals surface area contributed by atoms with Crippen LogP contribution in [0.25, 0.3) is 0 Å². The molecular formula is C16H9BrF6N2. The van der Waals surface area contributed by atoms with Crippen molar-refractivity contribution in [3.63, 3.8) is 0 Å². The van der Waals surface area contributed by atoms with Crippen LogP contribution in [0.4, 0.5) is 32.0 Å². The van der Waals surface area contributed by atoms with Crippen LogP contribution in [0.3, 0.4) is 0 Å². The third kappa shape index (κ3) is 2.61. The van der Waals surface area contributed by atoms with Crippen LogP contribution in [-0.4, -0.2) is 23.6 Å². The van der Waals surface area contributed by atoms with Gasteiger partial charge in [-0.15, -0.1) is 0 Å². The summed E-state index contributed by atoms with van der Waals surface area (Å²) in [6, 6.07) is 11.2. The van der Waals surface area contributed by atoms with Gasteiger partial charge in [-0.2, -0.15) is 31.4 Å². The Balaban J connectivity index is 2.22. The Morgan fingerprint density at radius 1 is 0.880 bits per heavy atom. The predicted octanol–water partition coefficient (Wildman–Crippen LogP) is 5.54. The molecule has 0 aliphatic carbocycles. The van der Waals surface area contributed by atoms with Crippen LogP contribution in [0.15, 0.2) is 64.2 Å². The van der Waals surface area contributed by atoms with Crippen molar-refractivity contribution in [3.8, 4) is 0 Å². The highest BCUT2D eigenvalue weighted by atomic mass is 79.9. The number of halogens is 7. The van der Waals surface area contributed by atoms with Crippen molar-refractivity contribution in [1.82, 2.24) is 0 Å². The topological polar surface area (TPSA) is 15.6 Å². The second-order valence-corrected chi connectivity index (χ2v) is 6.21. The van der Waals surface area contributed by atoms with Crippen molar-refractivity contribution >= 4 is 27.3 Å². The van der Waals surface area contributed by atoms with E-state index in [9.17, 15) is 26.3 Å². The molecule has 0 amide bonds. The minimum atomic E-state index is -5.88. The number of alkyl halides is 6. The summed E-state index contributed by atoms with van der Waals surface area (Å²) in [5, 5.41) is 3.02. The summed E-state index contributed by atoms with van der Waals surface area (Å²) >= 11 is 3.09. The largest absolute Gasteiger partial charge is 0.450 e. The second kappa shape index (κ2) is 5.76. The maximum absolute atomic E-state index is 14.9. The fraction of sp³-hybridized carbons (Fsp3) is 0.188. The monoisotopic (exact) mass is 422 g/mol. The fourth-order valence-electron chi connectivity index (χ4n) is 2.47. The highest BCUT2D eigenvalue weighted by Gasteiger charge is 2.80. The molecule has 9 heteroatoms. The Morgan fingerprint density at radius 3 is 1.96 bits per heavy atom. The van der Waals surface area contributed by atoms with Crippen LogP contribution in [0.1, 0.15) is 5.56 Å². The molecule has 0 bridgehead atoms. The number of hydrogen-bond acceptors (Lipinski definition) is 2. The van der Waals surface area contributed by atoms with Gasteiger partial charge in [0.15, 0.2) is 0 Å². The third-order valence-electron chi connectivity index (χ3n) is 3.70. The molecule has 0 saturated carbocycles. The summed E-state index contributed by atoms with van der Waals surface area (Å²) in [5.41, 5.74) is -2.03. The number of rotatable bonds is 2. The first-order valence-electron chi connectivity index (χ1n) is 6.93. The average Bonchev–Trinajstić information content (AvgIpc) is 2.77. The summed E-state index contributed by atoms with van der Waals surface area (Å²) in [4.78, 5) is 0. The van der Waals surface area contributed by atoms with E-state index in [0.717, 1.165) is 24.3 Å². The first kappa shape index (κ1) is 17.8. The molecule has 1 heterocycles. The zero-order valence-electron chi connectivity index (χ0n) is 12.2. The van der Waals surface area contributed by atoms with Gasteiger partial charge in [0.05, 0.1) is 5.69 Å². The Labute approximate surface area is 146 Å². The van der Waals surface area contributed by atoms with Gasteiger partial charge in [0.25, 0.3) is 0 Å². The van der Waals surface area contributed by atoms with Crippen molar-refractivity contribution in [3.05, 3.63) is 64.6 Å². The molecule has 2 nitrogen and oxygen atoms in total. The van der Waals surface area contributed by atoms with Crippen LogP contribution in [0.5, 0.6) is 0 Å². The lowest BCUT2D eigenvalue weighted by molar-refractivity contribution is -0.278. The third-order valence-corrected chi connectivity index (χ3v) is 4.23. The Hall–Kier alpha value is -2.03. The van der Waals surface area contributed by atoms with Gasteiger partial charge in [-0.25, -0.2) is 5.01 Å². The van der Waals surface area contributed by atoms with Crippen molar-refractivity contribution in [2.75, 3.05) is 5.01 Å². The van der Waals surface area contributed by atoms with E-state index in [0.29, 0.717) is 4.47 Å². The Bertz CT molecular complexity index is 804. The lowest BCUT2D eigenvalue weighted by Crippen LogP contribution is -2.63. The van der Waals surface area contributed by atoms with Crippen LogP contribution >= 0.6 is 15.9 Å². The van der Waals surface area contributed by atoms with E-state index in [4.69, 9.17) is 0 Å². The van der Waals surface area contributed by atoms with E-state index in [1.807, 2.05) is 0 Å². The van der Waals surface area contributed by atoms with Crippen molar-refractivity contribution in [1.29, 1.82) is 0 Å². The van der Waals surface area contributed by atoms with Crippen LogP contribution in [0.2, 0.25) is 0 Å². The quantitative estimate of drug-likeness (QED) is 0.458. The normalized spacial score (nSPS) is 22.8. The second-order valence-electron chi connectivity index (χ2n) is 5.30. The zero-order valence-corrected chi connectivity index (χ0v) is 13.8. The van der Waals surface area contributed by atoms with Crippen molar-refractivity contribution < 1.29 is 26.3 Å². The van der Waals surface area contributed by atoms with Crippen LogP contribution in [0, 0.1) is 0 Å². The number of nitrogens with zero attached hydrogens (tertiary/aromatic N) is 2. The number of hydrogen-bond donors (Lipinski definition) is 0. The molecule has 0 aromatic heterocycles. The number of para-hydroxylation sites is 1. The van der Waals surface area contributed by atoms with E-state index in [1.165, 1.54) is 30.3 Å². The average molecular weight is 423 g/mol. The molecule has 1 aliphatic heterocycles. The standard InChI is InChI=1S/C16H9BrF6N2/c17-11-8-6-10(7-9-11)13-14(18,19)15(20,16(21,22)23)25(24-13)12-4-2-1-3-5-12/h1-9H. The maximum atomic E-state index is 14.9. The molecule has 0 fully saturated rings. The van der Waals surface area contributed by atoms with Crippen LogP contribution in [-0.2, 0) is 0 Å². The summed E-state index contributed by atoms with van der Waals surface area (Å²) in [6.45, 7) is 0. The molecule has 1 aliphatic rings. The molecule has 0 spiro atoms. The van der Waals surface area contributed by atoms with E-state index >= 15 is 0 Å². The lowest BCUT2D eigenvalue weighted by Gasteiger charge is -2.35.